The van der Waals surface area contributed by atoms with E-state index in [0.717, 1.165) is 24.5 Å². The zero-order valence-corrected chi connectivity index (χ0v) is 13.5. The molecule has 18 heavy (non-hydrogen) atoms. The Balaban J connectivity index is 0.00000120. The fourth-order valence-electron chi connectivity index (χ4n) is 2.48. The van der Waals surface area contributed by atoms with Crippen LogP contribution < -0.4 is 0 Å². The molecule has 1 aliphatic rings. The van der Waals surface area contributed by atoms with Crippen molar-refractivity contribution >= 4 is 57.2 Å². The molecule has 0 amide bonds. The van der Waals surface area contributed by atoms with Gasteiger partial charge in [-0.2, -0.15) is 0 Å². The molecular formula is C13H15Cl2NS2. The number of nitrogens with zero attached hydrogens (tertiary/aromatic N) is 1. The van der Waals surface area contributed by atoms with Gasteiger partial charge >= 0.3 is 0 Å². The molecule has 0 radical (unpaired) electrons. The first-order valence-electron chi connectivity index (χ1n) is 5.66. The molecule has 5 heteroatoms. The smallest absolute Gasteiger partial charge is 0.0653 e. The highest BCUT2D eigenvalue weighted by Gasteiger charge is 2.21. The van der Waals surface area contributed by atoms with Crippen molar-refractivity contribution in [2.24, 2.45) is 0 Å². The van der Waals surface area contributed by atoms with Crippen LogP contribution in [0.5, 0.6) is 0 Å². The van der Waals surface area contributed by atoms with E-state index in [-0.39, 0.29) is 12.4 Å². The number of thioether (sulfide) groups is 1. The molecule has 1 aliphatic heterocycles. The maximum absolute atomic E-state index is 6.36. The molecule has 2 aromatic rings. The summed E-state index contributed by atoms with van der Waals surface area (Å²) in [6.07, 6.45) is 3.22. The van der Waals surface area contributed by atoms with E-state index < -0.39 is 0 Å². The van der Waals surface area contributed by atoms with E-state index in [1.807, 2.05) is 23.1 Å². The summed E-state index contributed by atoms with van der Waals surface area (Å²) < 4.78 is 2.83. The molecule has 1 nitrogen and oxygen atoms in total. The van der Waals surface area contributed by atoms with Gasteiger partial charge in [0.2, 0.25) is 0 Å². The van der Waals surface area contributed by atoms with Crippen molar-refractivity contribution in [2.45, 2.75) is 17.2 Å². The minimum atomic E-state index is 0. The van der Waals surface area contributed by atoms with Crippen LogP contribution in [0.1, 0.15) is 11.1 Å². The number of thiophene rings is 1. The number of hydrogen-bond acceptors (Lipinski definition) is 3. The average molecular weight is 320 g/mol. The van der Waals surface area contributed by atoms with Crippen molar-refractivity contribution in [3.8, 4) is 0 Å². The highest BCUT2D eigenvalue weighted by Crippen LogP contribution is 2.42. The molecule has 0 unspecified atom stereocenters. The van der Waals surface area contributed by atoms with Gasteiger partial charge < -0.3 is 4.90 Å². The molecular weight excluding hydrogens is 305 g/mol. The van der Waals surface area contributed by atoms with E-state index in [9.17, 15) is 0 Å². The van der Waals surface area contributed by atoms with Crippen molar-refractivity contribution in [3.05, 3.63) is 28.3 Å². The first-order valence-corrected chi connectivity index (χ1v) is 8.08. The maximum atomic E-state index is 6.36. The van der Waals surface area contributed by atoms with Gasteiger partial charge in [-0.25, -0.2) is 0 Å². The van der Waals surface area contributed by atoms with Crippen LogP contribution in [0.15, 0.2) is 16.3 Å². The van der Waals surface area contributed by atoms with Crippen LogP contribution in [0.4, 0.5) is 0 Å². The predicted molar refractivity (Wildman–Crippen MR) is 85.9 cm³/mol. The second kappa shape index (κ2) is 5.59. The van der Waals surface area contributed by atoms with E-state index in [2.05, 4.69) is 30.3 Å². The summed E-state index contributed by atoms with van der Waals surface area (Å²) in [6, 6.07) is 4.22. The molecule has 2 heterocycles. The number of likely N-dealkylation sites (N-methyl/N-ethyl adjacent to an activating group) is 1. The molecule has 0 aliphatic carbocycles. The molecule has 0 spiro atoms. The Morgan fingerprint density at radius 3 is 2.83 bits per heavy atom. The maximum Gasteiger partial charge on any atom is 0.0653 e. The van der Waals surface area contributed by atoms with Crippen molar-refractivity contribution in [1.82, 2.24) is 4.90 Å². The summed E-state index contributed by atoms with van der Waals surface area (Å²) in [5.41, 5.74) is 2.83. The van der Waals surface area contributed by atoms with Crippen LogP contribution in [-0.2, 0) is 13.0 Å². The van der Waals surface area contributed by atoms with Crippen LogP contribution in [-0.4, -0.2) is 24.7 Å². The monoisotopic (exact) mass is 319 g/mol. The van der Waals surface area contributed by atoms with Crippen LogP contribution in [0.3, 0.4) is 0 Å². The fraction of sp³-hybridized carbons (Fsp3) is 0.385. The quantitative estimate of drug-likeness (QED) is 0.702. The third-order valence-electron chi connectivity index (χ3n) is 3.33. The second-order valence-electron chi connectivity index (χ2n) is 4.46. The van der Waals surface area contributed by atoms with Gasteiger partial charge in [-0.15, -0.1) is 35.5 Å². The summed E-state index contributed by atoms with van der Waals surface area (Å²) in [5.74, 6) is 0. The van der Waals surface area contributed by atoms with Gasteiger partial charge in [0, 0.05) is 28.2 Å². The van der Waals surface area contributed by atoms with Gasteiger partial charge in [0.25, 0.3) is 0 Å². The zero-order valence-electron chi connectivity index (χ0n) is 10.3. The summed E-state index contributed by atoms with van der Waals surface area (Å²) in [4.78, 5) is 2.39. The molecule has 0 atom stereocenters. The molecule has 0 fully saturated rings. The van der Waals surface area contributed by atoms with Gasteiger partial charge in [-0.05, 0) is 43.0 Å². The SMILES string of the molecule is CSc1sc2ccc(Cl)c3c2c1CN(C)CC3.Cl. The van der Waals surface area contributed by atoms with Gasteiger partial charge in [0.1, 0.15) is 0 Å². The summed E-state index contributed by atoms with van der Waals surface area (Å²) in [5, 5.41) is 2.36. The summed E-state index contributed by atoms with van der Waals surface area (Å²) in [7, 11) is 2.19. The highest BCUT2D eigenvalue weighted by atomic mass is 35.5. The van der Waals surface area contributed by atoms with Gasteiger partial charge in [0.15, 0.2) is 0 Å². The molecule has 1 aromatic carbocycles. The fourth-order valence-corrected chi connectivity index (χ4v) is 4.73. The van der Waals surface area contributed by atoms with Crippen molar-refractivity contribution < 1.29 is 0 Å². The Bertz CT molecular complexity index is 580. The van der Waals surface area contributed by atoms with Crippen LogP contribution >= 0.6 is 47.1 Å². The van der Waals surface area contributed by atoms with E-state index in [1.54, 1.807) is 0 Å². The van der Waals surface area contributed by atoms with Crippen LogP contribution in [0.25, 0.3) is 10.1 Å². The summed E-state index contributed by atoms with van der Waals surface area (Å²) in [6.45, 7) is 2.13. The minimum Gasteiger partial charge on any atom is -0.302 e. The first-order chi connectivity index (χ1) is 8.20. The zero-order chi connectivity index (χ0) is 12.0. The second-order valence-corrected chi connectivity index (χ2v) is 6.99. The van der Waals surface area contributed by atoms with Gasteiger partial charge in [0.05, 0.1) is 4.21 Å². The van der Waals surface area contributed by atoms with E-state index in [4.69, 9.17) is 11.6 Å². The van der Waals surface area contributed by atoms with Crippen molar-refractivity contribution in [3.63, 3.8) is 0 Å². The Hall–Kier alpha value is 0.0700. The lowest BCUT2D eigenvalue weighted by Gasteiger charge is -2.13. The van der Waals surface area contributed by atoms with E-state index in [0.29, 0.717) is 0 Å². The Morgan fingerprint density at radius 1 is 1.33 bits per heavy atom. The first kappa shape index (κ1) is 14.5. The third kappa shape index (κ3) is 2.27. The lowest BCUT2D eigenvalue weighted by atomic mass is 10.1. The lowest BCUT2D eigenvalue weighted by molar-refractivity contribution is 0.335. The average Bonchev–Trinajstić information content (AvgIpc) is 2.56. The number of benzene rings is 1. The van der Waals surface area contributed by atoms with E-state index >= 15 is 0 Å². The van der Waals surface area contributed by atoms with Gasteiger partial charge in [-0.3, -0.25) is 0 Å². The molecule has 0 N–H and O–H groups in total. The van der Waals surface area contributed by atoms with Gasteiger partial charge in [-0.1, -0.05) is 11.6 Å². The van der Waals surface area contributed by atoms with Crippen LogP contribution in [0.2, 0.25) is 5.02 Å². The number of rotatable bonds is 1. The molecule has 3 rings (SSSR count). The normalized spacial score (nSPS) is 15.5. The van der Waals surface area contributed by atoms with E-state index in [1.165, 1.54) is 25.4 Å². The van der Waals surface area contributed by atoms with Crippen molar-refractivity contribution in [2.75, 3.05) is 19.8 Å². The third-order valence-corrected chi connectivity index (χ3v) is 6.04. The van der Waals surface area contributed by atoms with Crippen LogP contribution in [0, 0.1) is 0 Å². The largest absolute Gasteiger partial charge is 0.302 e. The molecule has 0 saturated heterocycles. The topological polar surface area (TPSA) is 3.24 Å². The Morgan fingerprint density at radius 2 is 2.11 bits per heavy atom. The standard InChI is InChI=1S/C13H14ClNS2.ClH/c1-15-6-5-8-10(14)3-4-11-12(8)9(7-15)13(16-2)17-11;/h3-4H,5-7H2,1-2H3;1H. The molecule has 0 bridgehead atoms. The predicted octanol–water partition coefficient (Wildman–Crippen LogP) is 4.69. The number of halogens is 2. The Kier molecular flexibility index (Phi) is 4.50. The summed E-state index contributed by atoms with van der Waals surface area (Å²) >= 11 is 10.1. The minimum absolute atomic E-state index is 0. The molecule has 1 aromatic heterocycles. The lowest BCUT2D eigenvalue weighted by Crippen LogP contribution is -2.18. The molecule has 0 saturated carbocycles. The molecule has 98 valence electrons. The highest BCUT2D eigenvalue weighted by molar-refractivity contribution is 8.00. The van der Waals surface area contributed by atoms with Crippen molar-refractivity contribution in [1.29, 1.82) is 0 Å². The number of hydrogen-bond donors (Lipinski definition) is 0. The Labute approximate surface area is 127 Å².